The highest BCUT2D eigenvalue weighted by Gasteiger charge is 2.25. The van der Waals surface area contributed by atoms with Gasteiger partial charge in [0, 0.05) is 44.1 Å². The van der Waals surface area contributed by atoms with E-state index < -0.39 is 11.9 Å². The number of rotatable bonds is 4. The predicted molar refractivity (Wildman–Crippen MR) is 109 cm³/mol. The fourth-order valence-corrected chi connectivity index (χ4v) is 2.78. The zero-order chi connectivity index (χ0) is 22.8. The zero-order valence-corrected chi connectivity index (χ0v) is 16.9. The van der Waals surface area contributed by atoms with Crippen molar-refractivity contribution >= 4 is 23.8 Å². The van der Waals surface area contributed by atoms with Crippen molar-refractivity contribution in [2.24, 2.45) is 0 Å². The van der Waals surface area contributed by atoms with Crippen LogP contribution >= 0.6 is 0 Å². The fraction of sp³-hybridized carbons (Fsp3) is 0.286. The molecule has 2 aromatic rings. The van der Waals surface area contributed by atoms with Crippen molar-refractivity contribution in [1.29, 1.82) is 0 Å². The van der Waals surface area contributed by atoms with Crippen LogP contribution < -0.4 is 4.74 Å². The molecule has 2 N–H and O–H groups in total. The SMILES string of the molecule is Cc1cccc(OCC(=O)N2CCN(C(=O)c3ccncc3)CC2)c1.O=C(O)C(=O)O. The largest absolute Gasteiger partial charge is 0.484 e. The standard InChI is InChI=1S/C19H21N3O3.C2H2O4/c1-15-3-2-4-17(13-15)25-14-18(23)21-9-11-22(12-10-21)19(24)16-5-7-20-8-6-16;3-1(4)2(5)6/h2-8,13H,9-12,14H2,1H3;(H,3,4)(H,5,6). The van der Waals surface area contributed by atoms with E-state index in [1.165, 1.54) is 0 Å². The maximum atomic E-state index is 12.4. The van der Waals surface area contributed by atoms with Gasteiger partial charge in [-0.05, 0) is 36.8 Å². The monoisotopic (exact) mass is 429 g/mol. The van der Waals surface area contributed by atoms with Gasteiger partial charge in [0.05, 0.1) is 0 Å². The number of hydrogen-bond acceptors (Lipinski definition) is 6. The van der Waals surface area contributed by atoms with Crippen molar-refractivity contribution < 1.29 is 34.1 Å². The van der Waals surface area contributed by atoms with Gasteiger partial charge in [0.15, 0.2) is 6.61 Å². The molecule has 0 aliphatic carbocycles. The number of amides is 2. The van der Waals surface area contributed by atoms with Gasteiger partial charge in [-0.3, -0.25) is 14.6 Å². The first-order valence-electron chi connectivity index (χ1n) is 9.40. The third-order valence-electron chi connectivity index (χ3n) is 4.38. The molecule has 1 aliphatic heterocycles. The van der Waals surface area contributed by atoms with Gasteiger partial charge >= 0.3 is 11.9 Å². The molecular formula is C21H23N3O7. The molecule has 10 nitrogen and oxygen atoms in total. The Hall–Kier alpha value is -3.95. The molecule has 1 aromatic heterocycles. The Balaban J connectivity index is 0.000000501. The third-order valence-corrected chi connectivity index (χ3v) is 4.38. The number of carbonyl (C=O) groups excluding carboxylic acids is 2. The lowest BCUT2D eigenvalue weighted by molar-refractivity contribution is -0.159. The minimum atomic E-state index is -1.82. The van der Waals surface area contributed by atoms with Gasteiger partial charge in [-0.25, -0.2) is 9.59 Å². The van der Waals surface area contributed by atoms with Crippen LogP contribution in [0.4, 0.5) is 0 Å². The van der Waals surface area contributed by atoms with Gasteiger partial charge in [-0.1, -0.05) is 12.1 Å². The smallest absolute Gasteiger partial charge is 0.414 e. The molecule has 3 rings (SSSR count). The number of carboxylic acid groups (broad SMARTS) is 2. The van der Waals surface area contributed by atoms with Crippen molar-refractivity contribution in [1.82, 2.24) is 14.8 Å². The van der Waals surface area contributed by atoms with Gasteiger partial charge in [0.25, 0.3) is 11.8 Å². The molecule has 1 aromatic carbocycles. The highest BCUT2D eigenvalue weighted by atomic mass is 16.5. The van der Waals surface area contributed by atoms with E-state index >= 15 is 0 Å². The van der Waals surface area contributed by atoms with E-state index in [1.807, 2.05) is 31.2 Å². The maximum Gasteiger partial charge on any atom is 0.414 e. The molecule has 31 heavy (non-hydrogen) atoms. The summed E-state index contributed by atoms with van der Waals surface area (Å²) in [5, 5.41) is 14.8. The second kappa shape index (κ2) is 11.3. The Morgan fingerprint density at radius 2 is 1.52 bits per heavy atom. The van der Waals surface area contributed by atoms with Gasteiger partial charge in [-0.2, -0.15) is 0 Å². The van der Waals surface area contributed by atoms with Crippen molar-refractivity contribution in [3.63, 3.8) is 0 Å². The Morgan fingerprint density at radius 3 is 2.06 bits per heavy atom. The minimum Gasteiger partial charge on any atom is -0.484 e. The van der Waals surface area contributed by atoms with Gasteiger partial charge in [0.1, 0.15) is 5.75 Å². The number of carboxylic acids is 2. The first-order valence-corrected chi connectivity index (χ1v) is 9.40. The van der Waals surface area contributed by atoms with Crippen LogP contribution in [0.5, 0.6) is 5.75 Å². The van der Waals surface area contributed by atoms with Gasteiger partial charge in [-0.15, -0.1) is 0 Å². The van der Waals surface area contributed by atoms with E-state index in [0.717, 1.165) is 5.56 Å². The number of aryl methyl sites for hydroxylation is 1. The zero-order valence-electron chi connectivity index (χ0n) is 16.9. The van der Waals surface area contributed by atoms with E-state index in [0.29, 0.717) is 37.5 Å². The summed E-state index contributed by atoms with van der Waals surface area (Å²) in [6.45, 7) is 4.09. The number of pyridine rings is 1. The van der Waals surface area contributed by atoms with Crippen molar-refractivity contribution in [3.8, 4) is 5.75 Å². The summed E-state index contributed by atoms with van der Waals surface area (Å²) in [7, 11) is 0. The van der Waals surface area contributed by atoms with Crippen LogP contribution in [-0.4, -0.2) is 81.5 Å². The van der Waals surface area contributed by atoms with Crippen LogP contribution in [-0.2, 0) is 14.4 Å². The van der Waals surface area contributed by atoms with E-state index in [4.69, 9.17) is 24.5 Å². The Labute approximate surface area is 178 Å². The summed E-state index contributed by atoms with van der Waals surface area (Å²) in [6.07, 6.45) is 3.21. The summed E-state index contributed by atoms with van der Waals surface area (Å²) in [6, 6.07) is 11.0. The average Bonchev–Trinajstić information content (AvgIpc) is 2.78. The lowest BCUT2D eigenvalue weighted by Gasteiger charge is -2.34. The number of hydrogen-bond donors (Lipinski definition) is 2. The van der Waals surface area contributed by atoms with Crippen LogP contribution in [0.25, 0.3) is 0 Å². The molecule has 1 aliphatic rings. The number of aromatic nitrogens is 1. The number of carbonyl (C=O) groups is 4. The Bertz CT molecular complexity index is 914. The molecule has 1 fully saturated rings. The second-order valence-corrected chi connectivity index (χ2v) is 6.62. The van der Waals surface area contributed by atoms with E-state index in [9.17, 15) is 9.59 Å². The van der Waals surface area contributed by atoms with Crippen molar-refractivity contribution in [3.05, 3.63) is 59.9 Å². The lowest BCUT2D eigenvalue weighted by Crippen LogP contribution is -2.51. The molecule has 2 amide bonds. The quantitative estimate of drug-likeness (QED) is 0.684. The third kappa shape index (κ3) is 7.42. The van der Waals surface area contributed by atoms with Crippen molar-refractivity contribution in [2.45, 2.75) is 6.92 Å². The molecular weight excluding hydrogens is 406 g/mol. The molecule has 0 radical (unpaired) electrons. The van der Waals surface area contributed by atoms with E-state index in [-0.39, 0.29) is 18.4 Å². The number of aliphatic carboxylic acids is 2. The Morgan fingerprint density at radius 1 is 0.935 bits per heavy atom. The van der Waals surface area contributed by atoms with E-state index in [2.05, 4.69) is 4.98 Å². The normalized spacial score (nSPS) is 12.9. The predicted octanol–water partition coefficient (Wildman–Crippen LogP) is 0.909. The van der Waals surface area contributed by atoms with Crippen molar-refractivity contribution in [2.75, 3.05) is 32.8 Å². The van der Waals surface area contributed by atoms with Crippen LogP contribution in [0.15, 0.2) is 48.8 Å². The number of nitrogens with zero attached hydrogens (tertiary/aromatic N) is 3. The maximum absolute atomic E-state index is 12.4. The number of ether oxygens (including phenoxy) is 1. The minimum absolute atomic E-state index is 0.0156. The molecule has 0 unspecified atom stereocenters. The molecule has 10 heteroatoms. The first-order chi connectivity index (χ1) is 14.8. The van der Waals surface area contributed by atoms with E-state index in [1.54, 1.807) is 34.3 Å². The first kappa shape index (κ1) is 23.3. The summed E-state index contributed by atoms with van der Waals surface area (Å²) in [5.74, 6) is -3.03. The fourth-order valence-electron chi connectivity index (χ4n) is 2.78. The second-order valence-electron chi connectivity index (χ2n) is 6.62. The summed E-state index contributed by atoms with van der Waals surface area (Å²) in [4.78, 5) is 50.3. The lowest BCUT2D eigenvalue weighted by atomic mass is 10.2. The summed E-state index contributed by atoms with van der Waals surface area (Å²) in [5.41, 5.74) is 1.71. The van der Waals surface area contributed by atoms with Crippen LogP contribution in [0.1, 0.15) is 15.9 Å². The highest BCUT2D eigenvalue weighted by Crippen LogP contribution is 2.13. The van der Waals surface area contributed by atoms with Crippen LogP contribution in [0.3, 0.4) is 0 Å². The molecule has 2 heterocycles. The van der Waals surface area contributed by atoms with Gasteiger partial charge in [0.2, 0.25) is 0 Å². The molecule has 0 bridgehead atoms. The summed E-state index contributed by atoms with van der Waals surface area (Å²) < 4.78 is 5.57. The summed E-state index contributed by atoms with van der Waals surface area (Å²) >= 11 is 0. The van der Waals surface area contributed by atoms with Crippen LogP contribution in [0, 0.1) is 6.92 Å². The molecule has 0 spiro atoms. The Kier molecular flexibility index (Phi) is 8.50. The molecule has 0 saturated carbocycles. The van der Waals surface area contributed by atoms with Crippen LogP contribution in [0.2, 0.25) is 0 Å². The highest BCUT2D eigenvalue weighted by molar-refractivity contribution is 6.27. The number of benzene rings is 1. The molecule has 164 valence electrons. The van der Waals surface area contributed by atoms with Gasteiger partial charge < -0.3 is 24.7 Å². The topological polar surface area (TPSA) is 137 Å². The molecule has 1 saturated heterocycles. The number of piperazine rings is 1. The molecule has 0 atom stereocenters. The average molecular weight is 429 g/mol.